The van der Waals surface area contributed by atoms with Crippen molar-refractivity contribution in [3.63, 3.8) is 0 Å². The highest BCUT2D eigenvalue weighted by atomic mass is 35.5. The molecule has 0 atom stereocenters. The molecule has 2 N–H and O–H groups in total. The highest BCUT2D eigenvalue weighted by molar-refractivity contribution is 6.32. The minimum Gasteiger partial charge on any atom is -0.493 e. The number of carbonyl (C=O) groups is 1. The Labute approximate surface area is 189 Å². The SMILES string of the molecule is COc1cc(CNc2cc(C(=O)O)ccc2C)cc(Cl)c1OCc1ccc(F)cc1Cl. The summed E-state index contributed by atoms with van der Waals surface area (Å²) in [6, 6.07) is 12.5. The Hall–Kier alpha value is -2.96. The molecule has 0 aliphatic heterocycles. The van der Waals surface area contributed by atoms with E-state index in [0.29, 0.717) is 34.3 Å². The van der Waals surface area contributed by atoms with Gasteiger partial charge in [-0.05, 0) is 54.4 Å². The lowest BCUT2D eigenvalue weighted by atomic mass is 10.1. The predicted octanol–water partition coefficient (Wildman–Crippen LogP) is 6.34. The maximum atomic E-state index is 13.2. The molecular weight excluding hydrogens is 444 g/mol. The standard InChI is InChI=1S/C23H20Cl2FNO4/c1-13-3-4-15(23(28)29)9-20(13)27-11-14-7-19(25)22(21(8-14)30-2)31-12-16-5-6-17(26)10-18(16)24/h3-10,27H,11-12H2,1-2H3,(H,28,29). The van der Waals surface area contributed by atoms with E-state index < -0.39 is 11.8 Å². The van der Waals surface area contributed by atoms with Crippen LogP contribution in [0.2, 0.25) is 10.0 Å². The van der Waals surface area contributed by atoms with Crippen LogP contribution >= 0.6 is 23.2 Å². The van der Waals surface area contributed by atoms with E-state index in [-0.39, 0.29) is 17.2 Å². The number of hydrogen-bond donors (Lipinski definition) is 2. The second-order valence-corrected chi connectivity index (χ2v) is 7.64. The van der Waals surface area contributed by atoms with E-state index in [1.807, 2.05) is 6.92 Å². The topological polar surface area (TPSA) is 67.8 Å². The maximum Gasteiger partial charge on any atom is 0.335 e. The second kappa shape index (κ2) is 9.90. The van der Waals surface area contributed by atoms with Crippen LogP contribution in [-0.2, 0) is 13.2 Å². The lowest BCUT2D eigenvalue weighted by Gasteiger charge is -2.16. The molecule has 0 saturated heterocycles. The van der Waals surface area contributed by atoms with Crippen LogP contribution in [0.5, 0.6) is 11.5 Å². The number of carboxylic acid groups (broad SMARTS) is 1. The molecule has 3 aromatic carbocycles. The molecule has 3 aromatic rings. The van der Waals surface area contributed by atoms with Gasteiger partial charge in [-0.2, -0.15) is 0 Å². The molecule has 0 aliphatic rings. The van der Waals surface area contributed by atoms with Gasteiger partial charge in [0.1, 0.15) is 12.4 Å². The van der Waals surface area contributed by atoms with Gasteiger partial charge in [0.05, 0.1) is 22.7 Å². The van der Waals surface area contributed by atoms with E-state index in [0.717, 1.165) is 11.1 Å². The second-order valence-electron chi connectivity index (χ2n) is 6.82. The van der Waals surface area contributed by atoms with Gasteiger partial charge in [-0.3, -0.25) is 0 Å². The summed E-state index contributed by atoms with van der Waals surface area (Å²) in [7, 11) is 1.50. The van der Waals surface area contributed by atoms with E-state index in [9.17, 15) is 14.3 Å². The molecule has 0 saturated carbocycles. The third-order valence-electron chi connectivity index (χ3n) is 4.64. The van der Waals surface area contributed by atoms with Crippen molar-refractivity contribution in [1.29, 1.82) is 0 Å². The summed E-state index contributed by atoms with van der Waals surface area (Å²) >= 11 is 12.5. The molecule has 0 amide bonds. The fourth-order valence-electron chi connectivity index (χ4n) is 2.95. The fourth-order valence-corrected chi connectivity index (χ4v) is 3.46. The van der Waals surface area contributed by atoms with E-state index >= 15 is 0 Å². The average Bonchev–Trinajstić information content (AvgIpc) is 2.73. The number of aromatic carboxylic acids is 1. The molecule has 0 bridgehead atoms. The predicted molar refractivity (Wildman–Crippen MR) is 119 cm³/mol. The minimum absolute atomic E-state index is 0.0912. The Balaban J connectivity index is 1.76. The van der Waals surface area contributed by atoms with E-state index in [1.54, 1.807) is 36.4 Å². The molecule has 0 unspecified atom stereocenters. The summed E-state index contributed by atoms with van der Waals surface area (Å²) in [5, 5.41) is 13.0. The van der Waals surface area contributed by atoms with Gasteiger partial charge in [0.2, 0.25) is 0 Å². The number of carboxylic acids is 1. The first-order valence-electron chi connectivity index (χ1n) is 9.29. The van der Waals surface area contributed by atoms with Crippen LogP contribution in [-0.4, -0.2) is 18.2 Å². The Bertz CT molecular complexity index is 1120. The van der Waals surface area contributed by atoms with Crippen molar-refractivity contribution in [2.45, 2.75) is 20.1 Å². The Morgan fingerprint density at radius 2 is 1.87 bits per heavy atom. The molecule has 31 heavy (non-hydrogen) atoms. The summed E-state index contributed by atoms with van der Waals surface area (Å²) in [5.74, 6) is -0.642. The third kappa shape index (κ3) is 5.60. The summed E-state index contributed by atoms with van der Waals surface area (Å²) in [4.78, 5) is 11.2. The highest BCUT2D eigenvalue weighted by Gasteiger charge is 2.14. The minimum atomic E-state index is -0.990. The van der Waals surface area contributed by atoms with Gasteiger partial charge in [0, 0.05) is 17.8 Å². The summed E-state index contributed by atoms with van der Waals surface area (Å²) in [6.45, 7) is 2.37. The van der Waals surface area contributed by atoms with Crippen LogP contribution in [0.3, 0.4) is 0 Å². The first-order chi connectivity index (χ1) is 14.8. The molecule has 3 rings (SSSR count). The van der Waals surface area contributed by atoms with Crippen LogP contribution in [0, 0.1) is 12.7 Å². The number of methoxy groups -OCH3 is 1. The van der Waals surface area contributed by atoms with E-state index in [1.165, 1.54) is 19.2 Å². The van der Waals surface area contributed by atoms with Gasteiger partial charge in [-0.15, -0.1) is 0 Å². The number of ether oxygens (including phenoxy) is 2. The quantitative estimate of drug-likeness (QED) is 0.407. The van der Waals surface area contributed by atoms with E-state index in [2.05, 4.69) is 5.32 Å². The van der Waals surface area contributed by atoms with Gasteiger partial charge in [0.25, 0.3) is 0 Å². The lowest BCUT2D eigenvalue weighted by molar-refractivity contribution is 0.0697. The number of nitrogens with one attached hydrogen (secondary N) is 1. The number of rotatable bonds is 8. The number of anilines is 1. The van der Waals surface area contributed by atoms with Crippen molar-refractivity contribution < 1.29 is 23.8 Å². The molecule has 0 spiro atoms. The fraction of sp³-hybridized carbons (Fsp3) is 0.174. The first kappa shape index (κ1) is 22.7. The van der Waals surface area contributed by atoms with Crippen LogP contribution in [0.25, 0.3) is 0 Å². The van der Waals surface area contributed by atoms with Gasteiger partial charge in [-0.25, -0.2) is 9.18 Å². The largest absolute Gasteiger partial charge is 0.493 e. The zero-order chi connectivity index (χ0) is 22.5. The Morgan fingerprint density at radius 1 is 1.10 bits per heavy atom. The molecule has 0 aromatic heterocycles. The highest BCUT2D eigenvalue weighted by Crippen LogP contribution is 2.37. The number of benzene rings is 3. The van der Waals surface area contributed by atoms with Crippen molar-refractivity contribution in [3.8, 4) is 11.5 Å². The Morgan fingerprint density at radius 3 is 2.55 bits per heavy atom. The van der Waals surface area contributed by atoms with Crippen molar-refractivity contribution in [3.05, 3.63) is 86.6 Å². The summed E-state index contributed by atoms with van der Waals surface area (Å²) in [5.41, 5.74) is 3.25. The summed E-state index contributed by atoms with van der Waals surface area (Å²) < 4.78 is 24.4. The monoisotopic (exact) mass is 463 g/mol. The third-order valence-corrected chi connectivity index (χ3v) is 5.28. The zero-order valence-corrected chi connectivity index (χ0v) is 18.4. The van der Waals surface area contributed by atoms with Crippen LogP contribution in [0.1, 0.15) is 27.0 Å². The summed E-state index contributed by atoms with van der Waals surface area (Å²) in [6.07, 6.45) is 0. The van der Waals surface area contributed by atoms with Gasteiger partial charge in [0.15, 0.2) is 11.5 Å². The molecule has 0 fully saturated rings. The molecular formula is C23H20Cl2FNO4. The lowest BCUT2D eigenvalue weighted by Crippen LogP contribution is -2.05. The first-order valence-corrected chi connectivity index (χ1v) is 10.0. The smallest absolute Gasteiger partial charge is 0.335 e. The van der Waals surface area contributed by atoms with Crippen LogP contribution in [0.15, 0.2) is 48.5 Å². The van der Waals surface area contributed by atoms with Crippen molar-refractivity contribution in [1.82, 2.24) is 0 Å². The molecule has 162 valence electrons. The van der Waals surface area contributed by atoms with Crippen molar-refractivity contribution in [2.24, 2.45) is 0 Å². The molecule has 0 heterocycles. The van der Waals surface area contributed by atoms with Crippen LogP contribution < -0.4 is 14.8 Å². The normalized spacial score (nSPS) is 10.6. The molecule has 0 aliphatic carbocycles. The van der Waals surface area contributed by atoms with E-state index in [4.69, 9.17) is 32.7 Å². The maximum absolute atomic E-state index is 13.2. The van der Waals surface area contributed by atoms with Crippen LogP contribution in [0.4, 0.5) is 10.1 Å². The average molecular weight is 464 g/mol. The zero-order valence-electron chi connectivity index (χ0n) is 16.8. The molecule has 8 heteroatoms. The number of hydrogen-bond acceptors (Lipinski definition) is 4. The van der Waals surface area contributed by atoms with Crippen molar-refractivity contribution >= 4 is 34.9 Å². The molecule has 5 nitrogen and oxygen atoms in total. The van der Waals surface area contributed by atoms with Gasteiger partial charge in [-0.1, -0.05) is 35.3 Å². The Kier molecular flexibility index (Phi) is 7.25. The van der Waals surface area contributed by atoms with Gasteiger partial charge < -0.3 is 19.9 Å². The number of halogens is 3. The van der Waals surface area contributed by atoms with Gasteiger partial charge >= 0.3 is 5.97 Å². The van der Waals surface area contributed by atoms with Crippen molar-refractivity contribution in [2.75, 3.05) is 12.4 Å². The number of aryl methyl sites for hydroxylation is 1. The molecule has 0 radical (unpaired) electrons.